The minimum atomic E-state index is -4.54. The van der Waals surface area contributed by atoms with Gasteiger partial charge in [-0.25, -0.2) is 0 Å². The Kier molecular flexibility index (Phi) is 5.99. The van der Waals surface area contributed by atoms with Crippen molar-refractivity contribution in [2.75, 3.05) is 12.0 Å². The Hall–Kier alpha value is -0.560. The van der Waals surface area contributed by atoms with Crippen molar-refractivity contribution in [3.05, 3.63) is 27.7 Å². The lowest BCUT2D eigenvalue weighted by Gasteiger charge is -2.22. The van der Waals surface area contributed by atoms with E-state index >= 15 is 0 Å². The maximum absolute atomic E-state index is 12.8. The molecule has 0 spiro atoms. The monoisotopic (exact) mass is 435 g/mol. The molecular weight excluding hydrogens is 421 g/mol. The average molecular weight is 437 g/mol. The van der Waals surface area contributed by atoms with Crippen LogP contribution in [0.5, 0.6) is 0 Å². The van der Waals surface area contributed by atoms with Crippen LogP contribution in [0.2, 0.25) is 10.0 Å². The lowest BCUT2D eigenvalue weighted by Crippen LogP contribution is -2.39. The van der Waals surface area contributed by atoms with Gasteiger partial charge in [0.15, 0.2) is 0 Å². The molecule has 0 saturated heterocycles. The number of halogens is 7. The lowest BCUT2D eigenvalue weighted by molar-refractivity contribution is -0.137. The fourth-order valence-corrected chi connectivity index (χ4v) is 4.07. The first-order chi connectivity index (χ1) is 11.5. The summed E-state index contributed by atoms with van der Waals surface area (Å²) in [5, 5.41) is -0.347. The zero-order valence-electron chi connectivity index (χ0n) is 13.4. The Labute approximate surface area is 163 Å². The summed E-state index contributed by atoms with van der Waals surface area (Å²) in [5.74, 6) is 0.509. The Morgan fingerprint density at radius 2 is 1.72 bits per heavy atom. The molecule has 0 amide bonds. The molecule has 1 fully saturated rings. The Bertz CT molecular complexity index is 668. The average Bonchev–Trinajstić information content (AvgIpc) is 3.07. The lowest BCUT2D eigenvalue weighted by atomic mass is 10.0. The summed E-state index contributed by atoms with van der Waals surface area (Å²) in [6.07, 6.45) is -3.38. The number of anilines is 1. The summed E-state index contributed by atoms with van der Waals surface area (Å²) in [6.45, 7) is 4.25. The van der Waals surface area contributed by atoms with Crippen LogP contribution in [0, 0.1) is 5.41 Å². The van der Waals surface area contributed by atoms with Gasteiger partial charge in [0.05, 0.1) is 26.7 Å². The highest BCUT2D eigenvalue weighted by Crippen LogP contribution is 2.66. The van der Waals surface area contributed by atoms with Gasteiger partial charge in [-0.1, -0.05) is 30.1 Å². The van der Waals surface area contributed by atoms with E-state index in [1.165, 1.54) is 0 Å². The van der Waals surface area contributed by atoms with E-state index in [-0.39, 0.29) is 15.7 Å². The number of nitrogens with zero attached hydrogens (tertiary/aromatic N) is 1. The molecule has 0 aromatic heterocycles. The summed E-state index contributed by atoms with van der Waals surface area (Å²) in [5.41, 5.74) is 4.23. The molecule has 0 radical (unpaired) electrons. The molecule has 1 aliphatic rings. The standard InChI is InChI=1S/C15H16Cl4F3N3/c1-3-13(7-14(13,18)19)12(23-4-2)25-24-11-9(16)5-8(6-10(11)17)15(20,21)22/h5-6,24H,3-4,7H2,1-2H3,(H,23,25). The molecule has 1 aliphatic carbocycles. The molecule has 0 heterocycles. The van der Waals surface area contributed by atoms with Crippen LogP contribution in [0.1, 0.15) is 32.3 Å². The van der Waals surface area contributed by atoms with Crippen molar-refractivity contribution in [1.82, 2.24) is 5.43 Å². The van der Waals surface area contributed by atoms with E-state index in [0.717, 1.165) is 12.1 Å². The van der Waals surface area contributed by atoms with E-state index < -0.39 is 21.5 Å². The van der Waals surface area contributed by atoms with Crippen LogP contribution in [0.15, 0.2) is 17.1 Å². The number of hydrogen-bond donors (Lipinski definition) is 2. The van der Waals surface area contributed by atoms with Crippen LogP contribution >= 0.6 is 46.4 Å². The maximum Gasteiger partial charge on any atom is 0.416 e. The molecule has 25 heavy (non-hydrogen) atoms. The second-order valence-corrected chi connectivity index (χ2v) is 8.00. The van der Waals surface area contributed by atoms with Gasteiger partial charge in [0.25, 0.3) is 0 Å². The second-order valence-electron chi connectivity index (χ2n) is 5.70. The fourth-order valence-electron chi connectivity index (χ4n) is 2.59. The molecule has 3 nitrogen and oxygen atoms in total. The third-order valence-corrected chi connectivity index (χ3v) is 5.73. The number of amidine groups is 1. The van der Waals surface area contributed by atoms with Crippen LogP contribution in [0.25, 0.3) is 0 Å². The van der Waals surface area contributed by atoms with Crippen LogP contribution in [-0.4, -0.2) is 16.7 Å². The van der Waals surface area contributed by atoms with Gasteiger partial charge < -0.3 is 0 Å². The van der Waals surface area contributed by atoms with Crippen molar-refractivity contribution >= 4 is 57.9 Å². The molecular formula is C15H16Cl4F3N3. The first kappa shape index (κ1) is 20.7. The topological polar surface area (TPSA) is 36.4 Å². The van der Waals surface area contributed by atoms with Crippen LogP contribution in [0.4, 0.5) is 18.9 Å². The number of hydrogen-bond acceptors (Lipinski definition) is 2. The molecule has 1 aromatic carbocycles. The molecule has 2 rings (SSSR count). The van der Waals surface area contributed by atoms with E-state index in [1.54, 1.807) is 0 Å². The number of aliphatic imine (C=N–C) groups is 1. The summed E-state index contributed by atoms with van der Waals surface area (Å²) in [6, 6.07) is 1.60. The highest BCUT2D eigenvalue weighted by atomic mass is 35.5. The highest BCUT2D eigenvalue weighted by molar-refractivity contribution is 6.53. The number of nitrogens with one attached hydrogen (secondary N) is 2. The van der Waals surface area contributed by atoms with E-state index in [9.17, 15) is 13.2 Å². The minimum Gasteiger partial charge on any atom is -0.297 e. The summed E-state index contributed by atoms with van der Waals surface area (Å²) >= 11 is 24.4. The van der Waals surface area contributed by atoms with Crippen molar-refractivity contribution in [3.8, 4) is 0 Å². The molecule has 0 bridgehead atoms. The van der Waals surface area contributed by atoms with Gasteiger partial charge in [-0.05, 0) is 31.9 Å². The maximum atomic E-state index is 12.8. The number of benzene rings is 1. The van der Waals surface area contributed by atoms with E-state index in [4.69, 9.17) is 46.4 Å². The van der Waals surface area contributed by atoms with E-state index in [0.29, 0.717) is 25.2 Å². The molecule has 2 N–H and O–H groups in total. The zero-order valence-corrected chi connectivity index (χ0v) is 16.4. The molecule has 1 unspecified atom stereocenters. The largest absolute Gasteiger partial charge is 0.416 e. The quantitative estimate of drug-likeness (QED) is 0.245. The van der Waals surface area contributed by atoms with Gasteiger partial charge in [-0.2, -0.15) is 13.2 Å². The molecule has 10 heteroatoms. The van der Waals surface area contributed by atoms with Gasteiger partial charge >= 0.3 is 6.18 Å². The Morgan fingerprint density at radius 3 is 2.08 bits per heavy atom. The third-order valence-electron chi connectivity index (χ3n) is 4.15. The number of alkyl halides is 5. The molecule has 1 atom stereocenters. The predicted octanol–water partition coefficient (Wildman–Crippen LogP) is 6.32. The summed E-state index contributed by atoms with van der Waals surface area (Å²) in [7, 11) is 0. The second kappa shape index (κ2) is 7.22. The molecule has 140 valence electrons. The van der Waals surface area contributed by atoms with Crippen molar-refractivity contribution in [2.24, 2.45) is 10.4 Å². The first-order valence-electron chi connectivity index (χ1n) is 7.49. The fraction of sp³-hybridized carbons (Fsp3) is 0.533. The Morgan fingerprint density at radius 1 is 1.20 bits per heavy atom. The van der Waals surface area contributed by atoms with Gasteiger partial charge in [-0.3, -0.25) is 15.8 Å². The van der Waals surface area contributed by atoms with Crippen LogP contribution < -0.4 is 10.9 Å². The smallest absolute Gasteiger partial charge is 0.297 e. The van der Waals surface area contributed by atoms with Crippen molar-refractivity contribution in [3.63, 3.8) is 0 Å². The van der Waals surface area contributed by atoms with Gasteiger partial charge in [-0.15, -0.1) is 23.2 Å². The van der Waals surface area contributed by atoms with Crippen molar-refractivity contribution in [1.29, 1.82) is 0 Å². The molecule has 0 aliphatic heterocycles. The SMILES string of the molecule is CCN=C(NNc1c(Cl)cc(C(F)(F)F)cc1Cl)C1(CC)CC1(Cl)Cl. The normalized spacial score (nSPS) is 22.7. The number of rotatable bonds is 5. The van der Waals surface area contributed by atoms with E-state index in [1.807, 2.05) is 13.8 Å². The first-order valence-corrected chi connectivity index (χ1v) is 9.00. The summed E-state index contributed by atoms with van der Waals surface area (Å²) < 4.78 is 37.4. The van der Waals surface area contributed by atoms with Crippen molar-refractivity contribution in [2.45, 2.75) is 37.2 Å². The van der Waals surface area contributed by atoms with Crippen molar-refractivity contribution < 1.29 is 13.2 Å². The van der Waals surface area contributed by atoms with Gasteiger partial charge in [0.1, 0.15) is 10.2 Å². The van der Waals surface area contributed by atoms with Gasteiger partial charge in [0, 0.05) is 6.54 Å². The third kappa shape index (κ3) is 4.07. The number of hydrazine groups is 1. The summed E-state index contributed by atoms with van der Waals surface area (Å²) in [4.78, 5) is 4.36. The minimum absolute atomic E-state index is 0.113. The van der Waals surface area contributed by atoms with Gasteiger partial charge in [0.2, 0.25) is 0 Å². The van der Waals surface area contributed by atoms with Crippen LogP contribution in [-0.2, 0) is 6.18 Å². The van der Waals surface area contributed by atoms with E-state index in [2.05, 4.69) is 15.8 Å². The zero-order chi connectivity index (χ0) is 19.0. The molecule has 1 aromatic rings. The van der Waals surface area contributed by atoms with Crippen LogP contribution in [0.3, 0.4) is 0 Å². The highest BCUT2D eigenvalue weighted by Gasteiger charge is 2.68. The Balaban J connectivity index is 2.24. The molecule has 1 saturated carbocycles. The predicted molar refractivity (Wildman–Crippen MR) is 98.0 cm³/mol.